The summed E-state index contributed by atoms with van der Waals surface area (Å²) in [6, 6.07) is 10.4. The van der Waals surface area contributed by atoms with Gasteiger partial charge in [0.25, 0.3) is 5.91 Å². The molecule has 0 aliphatic carbocycles. The van der Waals surface area contributed by atoms with Crippen LogP contribution < -0.4 is 0 Å². The van der Waals surface area contributed by atoms with E-state index in [1.54, 1.807) is 33.8 Å². The zero-order valence-electron chi connectivity index (χ0n) is 16.3. The number of hydrogen-bond donors (Lipinski definition) is 0. The Hall–Kier alpha value is -2.77. The van der Waals surface area contributed by atoms with Crippen molar-refractivity contribution in [3.05, 3.63) is 69.5 Å². The molecule has 0 radical (unpaired) electrons. The Bertz CT molecular complexity index is 1090. The SMILES string of the molecule is Cc1cc(C(=O)N2CCC(C(=O)c3ccc(Cl)c(Cl)c3)CC2)ccc1-n1cnnn1. The maximum Gasteiger partial charge on any atom is 0.253 e. The Kier molecular flexibility index (Phi) is 5.83. The highest BCUT2D eigenvalue weighted by Crippen LogP contribution is 2.27. The normalized spacial score (nSPS) is 14.7. The summed E-state index contributed by atoms with van der Waals surface area (Å²) in [5.41, 5.74) is 2.89. The van der Waals surface area contributed by atoms with Crippen molar-refractivity contribution in [3.63, 3.8) is 0 Å². The van der Waals surface area contributed by atoms with Gasteiger partial charge < -0.3 is 4.90 Å². The molecule has 0 unspecified atom stereocenters. The summed E-state index contributed by atoms with van der Waals surface area (Å²) in [6.45, 7) is 2.98. The highest BCUT2D eigenvalue weighted by molar-refractivity contribution is 6.42. The standard InChI is InChI=1S/C21H19Cl2N5O2/c1-13-10-16(3-5-19(13)28-12-24-25-26-28)21(30)27-8-6-14(7-9-27)20(29)15-2-4-17(22)18(23)11-15/h2-5,10-12,14H,6-9H2,1H3. The lowest BCUT2D eigenvalue weighted by Gasteiger charge is -2.31. The highest BCUT2D eigenvalue weighted by Gasteiger charge is 2.29. The quantitative estimate of drug-likeness (QED) is 0.568. The molecule has 1 amide bonds. The minimum Gasteiger partial charge on any atom is -0.339 e. The van der Waals surface area contributed by atoms with Crippen molar-refractivity contribution in [1.82, 2.24) is 25.1 Å². The Morgan fingerprint density at radius 2 is 1.73 bits per heavy atom. The van der Waals surface area contributed by atoms with Crippen LogP contribution in [0, 0.1) is 12.8 Å². The number of Topliss-reactive ketones (excluding diaryl/α,β-unsaturated/α-hetero) is 1. The first kappa shape index (κ1) is 20.5. The molecule has 7 nitrogen and oxygen atoms in total. The van der Waals surface area contributed by atoms with E-state index in [1.165, 1.54) is 6.33 Å². The molecule has 0 atom stereocenters. The van der Waals surface area contributed by atoms with Crippen molar-refractivity contribution in [2.24, 2.45) is 5.92 Å². The zero-order valence-corrected chi connectivity index (χ0v) is 17.8. The number of aromatic nitrogens is 4. The molecule has 154 valence electrons. The lowest BCUT2D eigenvalue weighted by atomic mass is 9.88. The second kappa shape index (κ2) is 8.53. The summed E-state index contributed by atoms with van der Waals surface area (Å²) in [6.07, 6.45) is 2.75. The van der Waals surface area contributed by atoms with E-state index >= 15 is 0 Å². The van der Waals surface area contributed by atoms with Gasteiger partial charge >= 0.3 is 0 Å². The van der Waals surface area contributed by atoms with Crippen LogP contribution in [0.1, 0.15) is 39.1 Å². The number of rotatable bonds is 4. The third-order valence-electron chi connectivity index (χ3n) is 5.40. The fourth-order valence-corrected chi connectivity index (χ4v) is 4.03. The van der Waals surface area contributed by atoms with Gasteiger partial charge in [-0.3, -0.25) is 9.59 Å². The number of piperidine rings is 1. The molecule has 0 saturated carbocycles. The summed E-state index contributed by atoms with van der Waals surface area (Å²) in [7, 11) is 0. The van der Waals surface area contributed by atoms with E-state index in [4.69, 9.17) is 23.2 Å². The van der Waals surface area contributed by atoms with Crippen LogP contribution >= 0.6 is 23.2 Å². The molecule has 0 bridgehead atoms. The molecule has 2 heterocycles. The first-order chi connectivity index (χ1) is 14.4. The number of benzene rings is 2. The van der Waals surface area contributed by atoms with Gasteiger partial charge in [0, 0.05) is 30.1 Å². The van der Waals surface area contributed by atoms with Crippen molar-refractivity contribution in [1.29, 1.82) is 0 Å². The monoisotopic (exact) mass is 443 g/mol. The van der Waals surface area contributed by atoms with Crippen LogP contribution in [0.15, 0.2) is 42.7 Å². The van der Waals surface area contributed by atoms with Crippen LogP contribution in [0.3, 0.4) is 0 Å². The fourth-order valence-electron chi connectivity index (χ4n) is 3.73. The number of likely N-dealkylation sites (tertiary alicyclic amines) is 1. The Balaban J connectivity index is 1.41. The van der Waals surface area contributed by atoms with Crippen LogP contribution in [0.5, 0.6) is 0 Å². The third kappa shape index (κ3) is 4.08. The minimum atomic E-state index is -0.129. The van der Waals surface area contributed by atoms with Gasteiger partial charge in [0.05, 0.1) is 15.7 Å². The molecule has 0 N–H and O–H groups in total. The highest BCUT2D eigenvalue weighted by atomic mass is 35.5. The zero-order chi connectivity index (χ0) is 21.3. The molecule has 1 saturated heterocycles. The summed E-state index contributed by atoms with van der Waals surface area (Å²) in [5.74, 6) is -0.126. The van der Waals surface area contributed by atoms with Gasteiger partial charge in [0.1, 0.15) is 6.33 Å². The summed E-state index contributed by atoms with van der Waals surface area (Å²) >= 11 is 12.0. The van der Waals surface area contributed by atoms with Crippen molar-refractivity contribution >= 4 is 34.9 Å². The third-order valence-corrected chi connectivity index (χ3v) is 6.14. The number of tetrazole rings is 1. The van der Waals surface area contributed by atoms with E-state index in [1.807, 2.05) is 19.1 Å². The molecule has 4 rings (SSSR count). The molecule has 1 fully saturated rings. The second-order valence-electron chi connectivity index (χ2n) is 7.32. The van der Waals surface area contributed by atoms with Gasteiger partial charge in [-0.05, 0) is 72.2 Å². The van der Waals surface area contributed by atoms with Crippen LogP contribution in [0.4, 0.5) is 0 Å². The largest absolute Gasteiger partial charge is 0.339 e. The maximum absolute atomic E-state index is 12.9. The molecule has 1 aromatic heterocycles. The summed E-state index contributed by atoms with van der Waals surface area (Å²) < 4.78 is 1.56. The van der Waals surface area contributed by atoms with Crippen molar-refractivity contribution in [2.45, 2.75) is 19.8 Å². The molecule has 3 aromatic rings. The van der Waals surface area contributed by atoms with Crippen LogP contribution in [0.2, 0.25) is 10.0 Å². The fraction of sp³-hybridized carbons (Fsp3) is 0.286. The van der Waals surface area contributed by atoms with Crippen LogP contribution in [-0.2, 0) is 0 Å². The Labute approximate surface area is 183 Å². The summed E-state index contributed by atoms with van der Waals surface area (Å²) in [5, 5.41) is 12.0. The van der Waals surface area contributed by atoms with E-state index < -0.39 is 0 Å². The van der Waals surface area contributed by atoms with Gasteiger partial charge in [-0.2, -0.15) is 0 Å². The molecule has 1 aliphatic rings. The number of halogens is 2. The van der Waals surface area contributed by atoms with Crippen LogP contribution in [-0.4, -0.2) is 49.9 Å². The van der Waals surface area contributed by atoms with E-state index in [-0.39, 0.29) is 17.6 Å². The minimum absolute atomic E-state index is 0.0400. The lowest BCUT2D eigenvalue weighted by molar-refractivity contribution is 0.0650. The molecule has 0 spiro atoms. The molecule has 1 aliphatic heterocycles. The van der Waals surface area contributed by atoms with Gasteiger partial charge in [-0.25, -0.2) is 4.68 Å². The average molecular weight is 444 g/mol. The first-order valence-electron chi connectivity index (χ1n) is 9.56. The number of aryl methyl sites for hydroxylation is 1. The van der Waals surface area contributed by atoms with Crippen molar-refractivity contribution in [2.75, 3.05) is 13.1 Å². The number of ketones is 1. The molecule has 9 heteroatoms. The molecular formula is C21H19Cl2N5O2. The Morgan fingerprint density at radius 1 is 1.00 bits per heavy atom. The molecule has 30 heavy (non-hydrogen) atoms. The van der Waals surface area contributed by atoms with Gasteiger partial charge in [-0.1, -0.05) is 23.2 Å². The van der Waals surface area contributed by atoms with E-state index in [0.717, 1.165) is 11.3 Å². The van der Waals surface area contributed by atoms with E-state index in [0.29, 0.717) is 47.1 Å². The first-order valence-corrected chi connectivity index (χ1v) is 10.3. The maximum atomic E-state index is 12.9. The number of carbonyl (C=O) groups is 2. The smallest absolute Gasteiger partial charge is 0.253 e. The number of nitrogens with zero attached hydrogens (tertiary/aromatic N) is 5. The van der Waals surface area contributed by atoms with Gasteiger partial charge in [0.15, 0.2) is 5.78 Å². The predicted molar refractivity (Wildman–Crippen MR) is 113 cm³/mol. The predicted octanol–water partition coefficient (Wildman–Crippen LogP) is 4.01. The van der Waals surface area contributed by atoms with Crippen molar-refractivity contribution in [3.8, 4) is 5.69 Å². The molecular weight excluding hydrogens is 425 g/mol. The second-order valence-corrected chi connectivity index (χ2v) is 8.13. The number of carbonyl (C=O) groups excluding carboxylic acids is 2. The lowest BCUT2D eigenvalue weighted by Crippen LogP contribution is -2.40. The van der Waals surface area contributed by atoms with E-state index in [2.05, 4.69) is 15.5 Å². The van der Waals surface area contributed by atoms with Gasteiger partial charge in [-0.15, -0.1) is 5.10 Å². The average Bonchev–Trinajstić information content (AvgIpc) is 3.29. The molecule has 2 aromatic carbocycles. The van der Waals surface area contributed by atoms with Crippen molar-refractivity contribution < 1.29 is 9.59 Å². The van der Waals surface area contributed by atoms with Gasteiger partial charge in [0.2, 0.25) is 0 Å². The number of hydrogen-bond acceptors (Lipinski definition) is 5. The summed E-state index contributed by atoms with van der Waals surface area (Å²) in [4.78, 5) is 27.5. The Morgan fingerprint density at radius 3 is 2.37 bits per heavy atom. The topological polar surface area (TPSA) is 81.0 Å². The van der Waals surface area contributed by atoms with Crippen LogP contribution in [0.25, 0.3) is 5.69 Å². The van der Waals surface area contributed by atoms with E-state index in [9.17, 15) is 9.59 Å². The number of amides is 1.